The van der Waals surface area contributed by atoms with Gasteiger partial charge in [-0.05, 0) is 30.0 Å². The van der Waals surface area contributed by atoms with Crippen LogP contribution in [0.15, 0.2) is 40.1 Å². The van der Waals surface area contributed by atoms with Gasteiger partial charge in [-0.25, -0.2) is 9.97 Å². The number of thiazole rings is 1. The third kappa shape index (κ3) is 4.80. The van der Waals surface area contributed by atoms with Gasteiger partial charge in [-0.3, -0.25) is 4.21 Å². The van der Waals surface area contributed by atoms with Gasteiger partial charge in [0.25, 0.3) is 0 Å². The molecule has 3 heterocycles. The van der Waals surface area contributed by atoms with Crippen LogP contribution in [0.5, 0.6) is 0 Å². The fraction of sp³-hybridized carbons (Fsp3) is 0.364. The zero-order valence-electron chi connectivity index (χ0n) is 17.4. The molecule has 9 heteroatoms. The van der Waals surface area contributed by atoms with Crippen molar-refractivity contribution in [2.24, 2.45) is 5.73 Å². The van der Waals surface area contributed by atoms with Crippen LogP contribution in [0.4, 0.5) is 5.69 Å². The maximum atomic E-state index is 12.9. The van der Waals surface area contributed by atoms with Gasteiger partial charge >= 0.3 is 0 Å². The molecule has 0 radical (unpaired) electrons. The van der Waals surface area contributed by atoms with Gasteiger partial charge in [0, 0.05) is 29.3 Å². The van der Waals surface area contributed by atoms with E-state index in [1.807, 2.05) is 11.4 Å². The summed E-state index contributed by atoms with van der Waals surface area (Å²) in [5.41, 5.74) is 15.6. The Labute approximate surface area is 192 Å². The van der Waals surface area contributed by atoms with Crippen molar-refractivity contribution in [3.63, 3.8) is 0 Å². The number of hydrogen-bond donors (Lipinski definition) is 2. The molecule has 4 N–H and O–H groups in total. The molecule has 0 spiro atoms. The van der Waals surface area contributed by atoms with E-state index in [0.29, 0.717) is 24.6 Å². The van der Waals surface area contributed by atoms with E-state index in [9.17, 15) is 4.21 Å². The minimum atomic E-state index is -1.12. The van der Waals surface area contributed by atoms with Crippen molar-refractivity contribution in [1.82, 2.24) is 9.97 Å². The Balaban J connectivity index is 1.79. The Morgan fingerprint density at radius 2 is 2.26 bits per heavy atom. The highest BCUT2D eigenvalue weighted by molar-refractivity contribution is 7.87. The van der Waals surface area contributed by atoms with Crippen molar-refractivity contribution in [3.05, 3.63) is 41.4 Å². The molecule has 0 amide bonds. The number of hydrogen-bond acceptors (Lipinski definition) is 8. The van der Waals surface area contributed by atoms with Crippen molar-refractivity contribution in [2.75, 3.05) is 24.6 Å². The predicted octanol–water partition coefficient (Wildman–Crippen LogP) is 4.60. The molecular weight excluding hydrogens is 448 g/mol. The molecule has 0 aromatic carbocycles. The summed E-state index contributed by atoms with van der Waals surface area (Å²) >= 11 is 2.98. The van der Waals surface area contributed by atoms with E-state index < -0.39 is 10.8 Å². The van der Waals surface area contributed by atoms with Gasteiger partial charge < -0.3 is 16.2 Å². The summed E-state index contributed by atoms with van der Waals surface area (Å²) in [6, 6.07) is 2.04. The third-order valence-electron chi connectivity index (χ3n) is 5.03. The number of nitrogens with zero attached hydrogens (tertiary/aromatic N) is 2. The molecule has 31 heavy (non-hydrogen) atoms. The lowest BCUT2D eigenvalue weighted by Gasteiger charge is -2.17. The molecule has 0 saturated carbocycles. The minimum absolute atomic E-state index is 0.0278. The summed E-state index contributed by atoms with van der Waals surface area (Å²) in [6.07, 6.45) is 10.8. The summed E-state index contributed by atoms with van der Waals surface area (Å²) in [5, 5.41) is 3.67. The van der Waals surface area contributed by atoms with Crippen molar-refractivity contribution in [1.29, 1.82) is 0 Å². The Hall–Kier alpha value is -1.91. The minimum Gasteiger partial charge on any atom is -0.396 e. The van der Waals surface area contributed by atoms with Crippen molar-refractivity contribution >= 4 is 55.0 Å². The number of unbranched alkanes of at least 4 members (excludes halogenated alkanes) is 1. The zero-order chi connectivity index (χ0) is 21.8. The highest BCUT2D eigenvalue weighted by Gasteiger charge is 2.22. The van der Waals surface area contributed by atoms with E-state index >= 15 is 0 Å². The van der Waals surface area contributed by atoms with E-state index in [1.165, 1.54) is 11.3 Å². The van der Waals surface area contributed by atoms with Crippen LogP contribution in [0.1, 0.15) is 31.7 Å². The molecule has 2 unspecified atom stereocenters. The lowest BCUT2D eigenvalue weighted by molar-refractivity contribution is 0.0930. The molecule has 2 atom stereocenters. The number of thiophene rings is 1. The second-order valence-corrected chi connectivity index (χ2v) is 10.9. The third-order valence-corrected chi connectivity index (χ3v) is 8.82. The monoisotopic (exact) mass is 474 g/mol. The quantitative estimate of drug-likeness (QED) is 0.470. The average Bonchev–Trinajstić information content (AvgIpc) is 3.44. The zero-order valence-corrected chi connectivity index (χ0v) is 19.8. The first kappa shape index (κ1) is 22.3. The maximum absolute atomic E-state index is 12.9. The molecule has 164 valence electrons. The highest BCUT2D eigenvalue weighted by Crippen LogP contribution is 2.42. The topological polar surface area (TPSA) is 104 Å². The number of pyridine rings is 1. The summed E-state index contributed by atoms with van der Waals surface area (Å²) in [6.45, 7) is 3.14. The number of nitrogen functional groups attached to an aromatic ring is 1. The molecule has 3 aromatic heterocycles. The highest BCUT2D eigenvalue weighted by atomic mass is 32.2. The van der Waals surface area contributed by atoms with Crippen LogP contribution in [-0.4, -0.2) is 39.2 Å². The Morgan fingerprint density at radius 3 is 2.94 bits per heavy atom. The number of aromatic nitrogens is 2. The number of nitrogens with two attached hydrogens (primary N) is 2. The van der Waals surface area contributed by atoms with E-state index in [2.05, 4.69) is 30.1 Å². The van der Waals surface area contributed by atoms with Crippen LogP contribution in [0.2, 0.25) is 0 Å². The van der Waals surface area contributed by atoms with Crippen LogP contribution in [0.3, 0.4) is 0 Å². The summed E-state index contributed by atoms with van der Waals surface area (Å²) in [5.74, 6) is 0.616. The van der Waals surface area contributed by atoms with Crippen LogP contribution in [0, 0.1) is 0 Å². The number of anilines is 1. The molecule has 0 aliphatic heterocycles. The van der Waals surface area contributed by atoms with Crippen molar-refractivity contribution in [2.45, 2.75) is 36.5 Å². The van der Waals surface area contributed by atoms with Gasteiger partial charge in [0.15, 0.2) is 0 Å². The second-order valence-electron chi connectivity index (χ2n) is 7.23. The predicted molar refractivity (Wildman–Crippen MR) is 132 cm³/mol. The molecule has 4 rings (SSSR count). The largest absolute Gasteiger partial charge is 0.396 e. The summed E-state index contributed by atoms with van der Waals surface area (Å²) in [4.78, 5) is 10.1. The molecule has 1 aliphatic rings. The van der Waals surface area contributed by atoms with Crippen LogP contribution in [0.25, 0.3) is 26.5 Å². The number of fused-ring (bicyclic) bond motifs is 1. The van der Waals surface area contributed by atoms with Crippen molar-refractivity contribution < 1.29 is 8.95 Å². The Bertz CT molecular complexity index is 1140. The number of allylic oxidation sites excluding steroid dienone is 2. The van der Waals surface area contributed by atoms with E-state index in [4.69, 9.17) is 21.2 Å². The van der Waals surface area contributed by atoms with Gasteiger partial charge in [0.05, 0.1) is 29.2 Å². The first-order valence-corrected chi connectivity index (χ1v) is 13.4. The molecule has 6 nitrogen and oxygen atoms in total. The molecular formula is C22H26N4O2S3. The van der Waals surface area contributed by atoms with E-state index in [0.717, 1.165) is 55.5 Å². The number of rotatable bonds is 9. The molecule has 3 aromatic rings. The fourth-order valence-electron chi connectivity index (χ4n) is 3.47. The van der Waals surface area contributed by atoms with Gasteiger partial charge in [-0.1, -0.05) is 31.6 Å². The molecule has 0 saturated heterocycles. The molecule has 1 aliphatic carbocycles. The summed E-state index contributed by atoms with van der Waals surface area (Å²) in [7, 11) is -1.12. The SMILES string of the molecule is CCCCS(=O)c1sc2nc(-c3nccs3)cc(C3=CCC(OCCN)C=C3)c2c1N. The van der Waals surface area contributed by atoms with Crippen molar-refractivity contribution in [3.8, 4) is 10.7 Å². The van der Waals surface area contributed by atoms with Gasteiger partial charge in [0.1, 0.15) is 19.7 Å². The second kappa shape index (κ2) is 10.1. The first-order valence-electron chi connectivity index (χ1n) is 10.3. The Kier molecular flexibility index (Phi) is 7.29. The lowest BCUT2D eigenvalue weighted by atomic mass is 9.96. The first-order chi connectivity index (χ1) is 15.1. The van der Waals surface area contributed by atoms with Crippen LogP contribution < -0.4 is 11.5 Å². The fourth-order valence-corrected chi connectivity index (χ4v) is 6.86. The standard InChI is InChI=1S/C22H26N4O2S3/c1-2-3-12-31(27)22-19(24)18-16(14-4-6-15(7-5-14)28-10-8-23)13-17(26-21(18)30-22)20-25-9-11-29-20/h4-6,9,11,13,15H,2-3,7-8,10,12,23-24H2,1H3. The maximum Gasteiger partial charge on any atom is 0.141 e. The molecule has 0 fully saturated rings. The van der Waals surface area contributed by atoms with Gasteiger partial charge in [-0.2, -0.15) is 0 Å². The van der Waals surface area contributed by atoms with E-state index in [1.54, 1.807) is 17.5 Å². The van der Waals surface area contributed by atoms with Crippen LogP contribution >= 0.6 is 22.7 Å². The normalized spacial score (nSPS) is 17.2. The smallest absolute Gasteiger partial charge is 0.141 e. The number of ether oxygens (including phenoxy) is 1. The average molecular weight is 475 g/mol. The summed E-state index contributed by atoms with van der Waals surface area (Å²) < 4.78 is 19.4. The Morgan fingerprint density at radius 1 is 1.39 bits per heavy atom. The van der Waals surface area contributed by atoms with Gasteiger partial charge in [-0.15, -0.1) is 22.7 Å². The van der Waals surface area contributed by atoms with E-state index in [-0.39, 0.29) is 6.10 Å². The lowest BCUT2D eigenvalue weighted by Crippen LogP contribution is -2.17. The molecule has 0 bridgehead atoms. The van der Waals surface area contributed by atoms with Crippen LogP contribution in [-0.2, 0) is 15.5 Å². The van der Waals surface area contributed by atoms with Gasteiger partial charge in [0.2, 0.25) is 0 Å².